The highest BCUT2D eigenvalue weighted by molar-refractivity contribution is 5.95. The molecule has 2 aromatic rings. The quantitative estimate of drug-likeness (QED) is 0.623. The number of aromatic nitrogens is 2. The van der Waals surface area contributed by atoms with Gasteiger partial charge in [0, 0.05) is 36.6 Å². The summed E-state index contributed by atoms with van der Waals surface area (Å²) in [5.41, 5.74) is 0.665. The molecule has 0 bridgehead atoms. The van der Waals surface area contributed by atoms with Gasteiger partial charge in [-0.2, -0.15) is 0 Å². The summed E-state index contributed by atoms with van der Waals surface area (Å²) in [6, 6.07) is 4.88. The first kappa shape index (κ1) is 16.2. The van der Waals surface area contributed by atoms with Crippen LogP contribution in [0.5, 0.6) is 0 Å². The lowest BCUT2D eigenvalue weighted by atomic mass is 10.1. The van der Waals surface area contributed by atoms with Crippen molar-refractivity contribution in [2.75, 3.05) is 6.54 Å². The Morgan fingerprint density at radius 1 is 1.42 bits per heavy atom. The average molecular weight is 328 g/mol. The van der Waals surface area contributed by atoms with Gasteiger partial charge in [-0.15, -0.1) is 0 Å². The van der Waals surface area contributed by atoms with Crippen LogP contribution in [0.4, 0.5) is 5.69 Å². The number of hydrogen-bond donors (Lipinski definition) is 0. The Hall–Kier alpha value is -2.70. The third-order valence-electron chi connectivity index (χ3n) is 4.57. The Balaban J connectivity index is 1.95. The topological polar surface area (TPSA) is 81.3 Å². The van der Waals surface area contributed by atoms with E-state index in [9.17, 15) is 14.9 Å². The number of benzene rings is 1. The molecule has 1 aliphatic rings. The van der Waals surface area contributed by atoms with Crippen LogP contribution in [0.25, 0.3) is 5.69 Å². The molecule has 1 heterocycles. The molecule has 0 unspecified atom stereocenters. The molecule has 1 saturated carbocycles. The fourth-order valence-electron chi connectivity index (χ4n) is 3.37. The second kappa shape index (κ2) is 6.82. The third kappa shape index (κ3) is 3.02. The van der Waals surface area contributed by atoms with E-state index >= 15 is 0 Å². The van der Waals surface area contributed by atoms with Gasteiger partial charge < -0.3 is 9.47 Å². The molecular formula is C17H20N4O3. The Kier molecular flexibility index (Phi) is 4.59. The lowest BCUT2D eigenvalue weighted by Gasteiger charge is -2.27. The summed E-state index contributed by atoms with van der Waals surface area (Å²) in [6.45, 7) is 2.56. The van der Waals surface area contributed by atoms with E-state index in [0.29, 0.717) is 17.8 Å². The summed E-state index contributed by atoms with van der Waals surface area (Å²) < 4.78 is 1.57. The maximum absolute atomic E-state index is 12.8. The highest BCUT2D eigenvalue weighted by Gasteiger charge is 2.27. The standard InChI is InChI=1S/C17H20N4O3/c1-2-20(14-5-3-4-6-14)17(22)13-7-8-15(16(11-13)21(23)24)19-10-9-18-12-19/h7-12,14H,2-6H2,1H3. The van der Waals surface area contributed by atoms with Gasteiger partial charge in [0.1, 0.15) is 5.69 Å². The van der Waals surface area contributed by atoms with Crippen LogP contribution in [-0.2, 0) is 0 Å². The molecule has 1 amide bonds. The zero-order valence-corrected chi connectivity index (χ0v) is 13.6. The highest BCUT2D eigenvalue weighted by Crippen LogP contribution is 2.28. The van der Waals surface area contributed by atoms with Crippen LogP contribution in [0.2, 0.25) is 0 Å². The van der Waals surface area contributed by atoms with Crippen molar-refractivity contribution in [1.29, 1.82) is 0 Å². The Morgan fingerprint density at radius 3 is 2.75 bits per heavy atom. The SMILES string of the molecule is CCN(C(=O)c1ccc(-n2ccnc2)c([N+](=O)[O-])c1)C1CCCC1. The first-order valence-corrected chi connectivity index (χ1v) is 8.19. The molecule has 7 nitrogen and oxygen atoms in total. The smallest absolute Gasteiger partial charge is 0.294 e. The van der Waals surface area contributed by atoms with Crippen LogP contribution in [0.1, 0.15) is 43.0 Å². The second-order valence-electron chi connectivity index (χ2n) is 5.96. The minimum atomic E-state index is -0.460. The van der Waals surface area contributed by atoms with Gasteiger partial charge in [0.25, 0.3) is 11.6 Å². The van der Waals surface area contributed by atoms with Crippen molar-refractivity contribution in [2.45, 2.75) is 38.6 Å². The van der Waals surface area contributed by atoms with Gasteiger partial charge in [-0.1, -0.05) is 12.8 Å². The van der Waals surface area contributed by atoms with E-state index in [1.807, 2.05) is 11.8 Å². The van der Waals surface area contributed by atoms with Crippen molar-refractivity contribution in [3.63, 3.8) is 0 Å². The molecule has 0 spiro atoms. The molecule has 1 aromatic heterocycles. The largest absolute Gasteiger partial charge is 0.336 e. The molecule has 0 radical (unpaired) electrons. The van der Waals surface area contributed by atoms with Crippen LogP contribution in [0, 0.1) is 10.1 Å². The van der Waals surface area contributed by atoms with Crippen molar-refractivity contribution < 1.29 is 9.72 Å². The van der Waals surface area contributed by atoms with E-state index in [1.165, 1.54) is 12.4 Å². The van der Waals surface area contributed by atoms with Gasteiger partial charge in [-0.05, 0) is 31.9 Å². The number of amides is 1. The molecule has 0 saturated heterocycles. The van der Waals surface area contributed by atoms with Crippen LogP contribution in [0.15, 0.2) is 36.9 Å². The van der Waals surface area contributed by atoms with E-state index in [4.69, 9.17) is 0 Å². The predicted octanol–water partition coefficient (Wildman–Crippen LogP) is 3.19. The molecule has 24 heavy (non-hydrogen) atoms. The maximum atomic E-state index is 12.8. The fraction of sp³-hybridized carbons (Fsp3) is 0.412. The van der Waals surface area contributed by atoms with Crippen LogP contribution < -0.4 is 0 Å². The molecule has 7 heteroatoms. The molecule has 0 aliphatic heterocycles. The van der Waals surface area contributed by atoms with Crippen molar-refractivity contribution in [3.05, 3.63) is 52.6 Å². The number of nitro groups is 1. The van der Waals surface area contributed by atoms with Crippen molar-refractivity contribution in [2.24, 2.45) is 0 Å². The number of hydrogen-bond acceptors (Lipinski definition) is 4. The summed E-state index contributed by atoms with van der Waals surface area (Å²) in [4.78, 5) is 29.5. The second-order valence-corrected chi connectivity index (χ2v) is 5.96. The number of nitrogens with zero attached hydrogens (tertiary/aromatic N) is 4. The van der Waals surface area contributed by atoms with Gasteiger partial charge in [0.05, 0.1) is 11.3 Å². The summed E-state index contributed by atoms with van der Waals surface area (Å²) in [5, 5.41) is 11.4. The van der Waals surface area contributed by atoms with E-state index in [2.05, 4.69) is 4.98 Å². The van der Waals surface area contributed by atoms with E-state index in [1.54, 1.807) is 29.1 Å². The molecule has 1 aromatic carbocycles. The first-order valence-electron chi connectivity index (χ1n) is 8.19. The van der Waals surface area contributed by atoms with Crippen molar-refractivity contribution in [3.8, 4) is 5.69 Å². The van der Waals surface area contributed by atoms with Gasteiger partial charge in [-0.3, -0.25) is 14.9 Å². The monoisotopic (exact) mass is 328 g/mol. The molecule has 0 N–H and O–H groups in total. The minimum absolute atomic E-state index is 0.0960. The summed E-state index contributed by atoms with van der Waals surface area (Å²) >= 11 is 0. The van der Waals surface area contributed by atoms with E-state index in [-0.39, 0.29) is 17.6 Å². The van der Waals surface area contributed by atoms with Crippen LogP contribution in [-0.4, -0.2) is 37.9 Å². The maximum Gasteiger partial charge on any atom is 0.294 e. The zero-order chi connectivity index (χ0) is 17.1. The summed E-state index contributed by atoms with van der Waals surface area (Å²) in [6.07, 6.45) is 8.98. The summed E-state index contributed by atoms with van der Waals surface area (Å²) in [5.74, 6) is -0.135. The predicted molar refractivity (Wildman–Crippen MR) is 89.2 cm³/mol. The lowest BCUT2D eigenvalue weighted by molar-refractivity contribution is -0.384. The molecular weight excluding hydrogens is 308 g/mol. The fourth-order valence-corrected chi connectivity index (χ4v) is 3.37. The van der Waals surface area contributed by atoms with Crippen LogP contribution in [0.3, 0.4) is 0 Å². The number of carbonyl (C=O) groups excluding carboxylic acids is 1. The van der Waals surface area contributed by atoms with Crippen LogP contribution >= 0.6 is 0 Å². The molecule has 3 rings (SSSR count). The molecule has 1 aliphatic carbocycles. The number of nitro benzene ring substituents is 1. The Labute approximate surface area is 140 Å². The van der Waals surface area contributed by atoms with Crippen molar-refractivity contribution in [1.82, 2.24) is 14.5 Å². The average Bonchev–Trinajstić information content (AvgIpc) is 3.28. The Morgan fingerprint density at radius 2 is 2.17 bits per heavy atom. The zero-order valence-electron chi connectivity index (χ0n) is 13.6. The number of imidazole rings is 1. The van der Waals surface area contributed by atoms with E-state index < -0.39 is 4.92 Å². The Bertz CT molecular complexity index is 736. The normalized spacial score (nSPS) is 14.7. The highest BCUT2D eigenvalue weighted by atomic mass is 16.6. The van der Waals surface area contributed by atoms with E-state index in [0.717, 1.165) is 25.7 Å². The molecule has 126 valence electrons. The molecule has 0 atom stereocenters. The number of rotatable bonds is 5. The van der Waals surface area contributed by atoms with Gasteiger partial charge in [0.15, 0.2) is 0 Å². The molecule has 1 fully saturated rings. The summed E-state index contributed by atoms with van der Waals surface area (Å²) in [7, 11) is 0. The van der Waals surface area contributed by atoms with Gasteiger partial charge >= 0.3 is 0 Å². The minimum Gasteiger partial charge on any atom is -0.336 e. The number of carbonyl (C=O) groups is 1. The van der Waals surface area contributed by atoms with Gasteiger partial charge in [-0.25, -0.2) is 4.98 Å². The van der Waals surface area contributed by atoms with Gasteiger partial charge in [0.2, 0.25) is 0 Å². The van der Waals surface area contributed by atoms with Crippen molar-refractivity contribution >= 4 is 11.6 Å². The first-order chi connectivity index (χ1) is 11.6. The lowest BCUT2D eigenvalue weighted by Crippen LogP contribution is -2.38. The third-order valence-corrected chi connectivity index (χ3v) is 4.57.